The molecule has 1 saturated heterocycles. The van der Waals surface area contributed by atoms with Crippen LogP contribution in [-0.4, -0.2) is 101 Å². The number of fused-ring (bicyclic) bond motifs is 1. The molecule has 2 aliphatic heterocycles. The van der Waals surface area contributed by atoms with Crippen LogP contribution in [0.15, 0.2) is 22.6 Å². The van der Waals surface area contributed by atoms with E-state index in [0.717, 1.165) is 16.4 Å². The van der Waals surface area contributed by atoms with E-state index in [9.17, 15) is 34.2 Å². The maximum Gasteiger partial charge on any atom is 0.352 e. The first-order valence-electron chi connectivity index (χ1n) is 13.1. The maximum atomic E-state index is 13.3. The van der Waals surface area contributed by atoms with E-state index in [1.807, 2.05) is 0 Å². The summed E-state index contributed by atoms with van der Waals surface area (Å²) < 4.78 is 7.00. The second-order valence-electron chi connectivity index (χ2n) is 10.1. The summed E-state index contributed by atoms with van der Waals surface area (Å²) in [4.78, 5) is 72.4. The zero-order valence-corrected chi connectivity index (χ0v) is 25.8. The summed E-state index contributed by atoms with van der Waals surface area (Å²) in [5.41, 5.74) is 15.2. The molecule has 0 aromatic carbocycles. The van der Waals surface area contributed by atoms with Crippen molar-refractivity contribution in [2.24, 2.45) is 17.9 Å². The second kappa shape index (κ2) is 13.0. The number of nitrogens with zero attached hydrogens (tertiary/aromatic N) is 6. The van der Waals surface area contributed by atoms with Gasteiger partial charge in [-0.1, -0.05) is 5.16 Å². The Hall–Kier alpha value is -4.96. The van der Waals surface area contributed by atoms with Gasteiger partial charge < -0.3 is 42.9 Å². The number of urea groups is 1. The van der Waals surface area contributed by atoms with Crippen LogP contribution in [0, 0.1) is 0 Å². The van der Waals surface area contributed by atoms with Gasteiger partial charge in [-0.2, -0.15) is 9.36 Å². The predicted octanol–water partition coefficient (Wildman–Crippen LogP) is -2.57. The molecule has 242 valence electrons. The molecule has 2 atom stereocenters. The lowest BCUT2D eigenvalue weighted by Gasteiger charge is -2.49. The number of amides is 4. The van der Waals surface area contributed by atoms with Crippen molar-refractivity contribution in [1.82, 2.24) is 29.6 Å². The van der Waals surface area contributed by atoms with Crippen LogP contribution < -0.4 is 37.8 Å². The molecule has 20 nitrogen and oxygen atoms in total. The fourth-order valence-electron chi connectivity index (χ4n) is 4.14. The topological polar surface area (TPSA) is 299 Å². The number of carbonyl (C=O) groups is 5. The minimum atomic E-state index is -1.82. The molecule has 2 aromatic rings. The third-order valence-electron chi connectivity index (χ3n) is 6.60. The standard InChI is InChI=1S/C23H30N12O8S2/c1-23(2,20(40)41)43-31-11(15-30-21(26)45-32-15)16(36)29-12-17(37)35-13(19(38)39)9(8-44-18(12)35)6-34-7-10(14(25)33(34)3)28-22(42)27-5-4-24/h7,12,18,25H,4-6,8,24H2,1-3H3,(H7,26,27,28,29,30,32,36,38,39,40,41,42)/p+1/b31-11-/t12-,18?/m1/s1. The number of hydrogen-bond acceptors (Lipinski definition) is 14. The highest BCUT2D eigenvalue weighted by atomic mass is 32.2. The lowest BCUT2D eigenvalue weighted by Crippen LogP contribution is -2.71. The molecule has 0 bridgehead atoms. The fourth-order valence-corrected chi connectivity index (χ4v) is 5.91. The van der Waals surface area contributed by atoms with E-state index in [1.54, 1.807) is 11.7 Å². The van der Waals surface area contributed by atoms with Gasteiger partial charge in [-0.15, -0.1) is 21.1 Å². The molecule has 4 heterocycles. The Labute approximate surface area is 262 Å². The van der Waals surface area contributed by atoms with Crippen molar-refractivity contribution in [2.45, 2.75) is 37.4 Å². The molecule has 2 aliphatic rings. The Morgan fingerprint density at radius 3 is 2.58 bits per heavy atom. The minimum Gasteiger partial charge on any atom is -0.478 e. The Balaban J connectivity index is 1.54. The lowest BCUT2D eigenvalue weighted by molar-refractivity contribution is -0.765. The summed E-state index contributed by atoms with van der Waals surface area (Å²) in [6.45, 7) is 2.92. The first-order valence-corrected chi connectivity index (χ1v) is 14.9. The van der Waals surface area contributed by atoms with Crippen molar-refractivity contribution < 1.29 is 43.7 Å². The minimum absolute atomic E-state index is 0.00361. The SMILES string of the molecule is Cn1c(N)c(NC(=O)NCCN)c[n+]1CC1=C(C(=O)O)N2C(=O)[C@@H](NC(=O)/C(=N\OC(C)(C)C(=O)O)c3nsc(N)n3)C2SC1. The number of aliphatic carboxylic acids is 2. The number of anilines is 3. The van der Waals surface area contributed by atoms with E-state index in [0.29, 0.717) is 5.57 Å². The van der Waals surface area contributed by atoms with Crippen LogP contribution >= 0.6 is 23.3 Å². The molecule has 4 amide bonds. The Morgan fingerprint density at radius 1 is 1.27 bits per heavy atom. The first-order chi connectivity index (χ1) is 21.2. The van der Waals surface area contributed by atoms with Crippen LogP contribution in [0.1, 0.15) is 19.7 Å². The molecule has 0 spiro atoms. The largest absolute Gasteiger partial charge is 0.478 e. The Morgan fingerprint density at radius 2 is 1.98 bits per heavy atom. The number of aromatic nitrogens is 4. The van der Waals surface area contributed by atoms with Crippen LogP contribution in [0.25, 0.3) is 0 Å². The molecule has 0 saturated carbocycles. The lowest BCUT2D eigenvalue weighted by atomic mass is 10.0. The summed E-state index contributed by atoms with van der Waals surface area (Å²) >= 11 is 1.96. The number of nitrogen functional groups attached to an aromatic ring is 2. The van der Waals surface area contributed by atoms with Crippen molar-refractivity contribution in [3.63, 3.8) is 0 Å². The average molecular weight is 668 g/mol. The molecule has 1 fully saturated rings. The molecular weight excluding hydrogens is 636 g/mol. The maximum absolute atomic E-state index is 13.3. The van der Waals surface area contributed by atoms with E-state index in [4.69, 9.17) is 22.0 Å². The summed E-state index contributed by atoms with van der Waals surface area (Å²) in [6, 6.07) is -1.68. The average Bonchev–Trinajstić information content (AvgIpc) is 3.52. The third kappa shape index (κ3) is 6.76. The number of hydrogen-bond donors (Lipinski definition) is 8. The highest BCUT2D eigenvalue weighted by Crippen LogP contribution is 2.40. The van der Waals surface area contributed by atoms with Crippen molar-refractivity contribution >= 4 is 75.4 Å². The quantitative estimate of drug-likeness (QED) is 0.0500. The number of β-lactam (4-membered cyclic amide) rings is 1. The molecule has 45 heavy (non-hydrogen) atoms. The molecule has 2 aromatic heterocycles. The molecule has 1 unspecified atom stereocenters. The molecular formula is C23H31N12O8S2+. The third-order valence-corrected chi connectivity index (χ3v) is 8.49. The van der Waals surface area contributed by atoms with Crippen LogP contribution in [0.2, 0.25) is 0 Å². The summed E-state index contributed by atoms with van der Waals surface area (Å²) in [5.74, 6) is -4.28. The van der Waals surface area contributed by atoms with Gasteiger partial charge in [-0.3, -0.25) is 19.8 Å². The van der Waals surface area contributed by atoms with Crippen molar-refractivity contribution in [3.05, 3.63) is 23.3 Å². The zero-order valence-electron chi connectivity index (χ0n) is 24.1. The van der Waals surface area contributed by atoms with Crippen LogP contribution in [0.5, 0.6) is 0 Å². The second-order valence-corrected chi connectivity index (χ2v) is 12.0. The smallest absolute Gasteiger partial charge is 0.352 e. The van der Waals surface area contributed by atoms with Gasteiger partial charge in [0.05, 0.1) is 7.05 Å². The van der Waals surface area contributed by atoms with Gasteiger partial charge >= 0.3 is 18.0 Å². The van der Waals surface area contributed by atoms with Crippen LogP contribution in [0.3, 0.4) is 0 Å². The number of thioether (sulfide) groups is 1. The van der Waals surface area contributed by atoms with Gasteiger partial charge in [0.15, 0.2) is 23.2 Å². The van der Waals surface area contributed by atoms with Crippen molar-refractivity contribution in [2.75, 3.05) is 35.6 Å². The number of oxime groups is 1. The fraction of sp³-hybridized carbons (Fsp3) is 0.435. The van der Waals surface area contributed by atoms with Crippen LogP contribution in [0.4, 0.5) is 21.4 Å². The number of nitrogens with two attached hydrogens (primary N) is 3. The van der Waals surface area contributed by atoms with Crippen molar-refractivity contribution in [1.29, 1.82) is 0 Å². The number of rotatable bonds is 12. The molecule has 0 radical (unpaired) electrons. The first kappa shape index (κ1) is 32.9. The highest BCUT2D eigenvalue weighted by molar-refractivity contribution is 8.00. The molecule has 0 aliphatic carbocycles. The Bertz CT molecular complexity index is 1620. The summed E-state index contributed by atoms with van der Waals surface area (Å²) in [5, 5.41) is 29.9. The van der Waals surface area contributed by atoms with Gasteiger partial charge in [0, 0.05) is 35.9 Å². The van der Waals surface area contributed by atoms with E-state index >= 15 is 0 Å². The van der Waals surface area contributed by atoms with Crippen molar-refractivity contribution in [3.8, 4) is 0 Å². The molecule has 4 rings (SSSR count). The summed E-state index contributed by atoms with van der Waals surface area (Å²) in [6.07, 6.45) is 1.52. The van der Waals surface area contributed by atoms with Gasteiger partial charge in [0.25, 0.3) is 11.8 Å². The number of nitrogens with one attached hydrogen (secondary N) is 3. The molecule has 11 N–H and O–H groups in total. The van der Waals surface area contributed by atoms with Gasteiger partial charge in [0.2, 0.25) is 23.3 Å². The highest BCUT2D eigenvalue weighted by Gasteiger charge is 2.55. The van der Waals surface area contributed by atoms with E-state index in [2.05, 4.69) is 30.5 Å². The van der Waals surface area contributed by atoms with Gasteiger partial charge in [-0.05, 0) is 13.8 Å². The van der Waals surface area contributed by atoms with Crippen LogP contribution in [-0.2, 0) is 37.6 Å². The monoisotopic (exact) mass is 667 g/mol. The molecule has 22 heteroatoms. The van der Waals surface area contributed by atoms with Gasteiger partial charge in [-0.25, -0.2) is 14.4 Å². The van der Waals surface area contributed by atoms with E-state index in [-0.39, 0.29) is 53.5 Å². The Kier molecular flexibility index (Phi) is 9.48. The van der Waals surface area contributed by atoms with E-state index in [1.165, 1.54) is 36.5 Å². The number of carboxylic acids is 2. The normalized spacial score (nSPS) is 18.2. The zero-order chi connectivity index (χ0) is 33.2. The van der Waals surface area contributed by atoms with Gasteiger partial charge in [0.1, 0.15) is 17.1 Å². The van der Waals surface area contributed by atoms with E-state index < -0.39 is 52.5 Å². The predicted molar refractivity (Wildman–Crippen MR) is 159 cm³/mol. The number of carboxylic acid groups (broad SMARTS) is 2. The number of carbonyl (C=O) groups excluding carboxylic acids is 3. The summed E-state index contributed by atoms with van der Waals surface area (Å²) in [7, 11) is 1.61.